The van der Waals surface area contributed by atoms with E-state index in [-0.39, 0.29) is 5.75 Å². The van der Waals surface area contributed by atoms with Gasteiger partial charge in [0, 0.05) is 41.3 Å². The lowest BCUT2D eigenvalue weighted by molar-refractivity contribution is 0.475. The molecule has 2 atom stereocenters. The summed E-state index contributed by atoms with van der Waals surface area (Å²) in [6.45, 7) is 0.810. The fourth-order valence-electron chi connectivity index (χ4n) is 2.89. The Morgan fingerprint density at radius 2 is 2.12 bits per heavy atom. The second-order valence-electron chi connectivity index (χ2n) is 6.02. The molecule has 122 valence electrons. The van der Waals surface area contributed by atoms with Crippen LogP contribution in [-0.4, -0.2) is 21.1 Å². The molecular formula is C18H18N4OS. The third kappa shape index (κ3) is 3.25. The number of nitrogens with two attached hydrogens (primary N) is 1. The molecule has 1 aliphatic rings. The minimum atomic E-state index is 0.258. The lowest BCUT2D eigenvalue weighted by Crippen LogP contribution is -2.16. The number of phenolic OH excluding ortho intramolecular Hbond substituents is 1. The van der Waals surface area contributed by atoms with Crippen LogP contribution in [0.2, 0.25) is 0 Å². The maximum absolute atomic E-state index is 9.57. The quantitative estimate of drug-likeness (QED) is 0.665. The third-order valence-corrected chi connectivity index (χ3v) is 5.08. The highest BCUT2D eigenvalue weighted by molar-refractivity contribution is 7.15. The molecule has 1 fully saturated rings. The van der Waals surface area contributed by atoms with Crippen LogP contribution in [0.5, 0.6) is 5.75 Å². The number of phenols is 1. The van der Waals surface area contributed by atoms with Crippen molar-refractivity contribution >= 4 is 16.5 Å². The first-order valence-electron chi connectivity index (χ1n) is 7.88. The number of rotatable bonds is 5. The lowest BCUT2D eigenvalue weighted by atomic mass is 10.1. The Hall–Kier alpha value is -2.44. The minimum absolute atomic E-state index is 0.258. The highest BCUT2D eigenvalue weighted by Crippen LogP contribution is 2.41. The molecule has 1 aliphatic carbocycles. The Kier molecular flexibility index (Phi) is 3.92. The summed E-state index contributed by atoms with van der Waals surface area (Å²) >= 11 is 1.53. The van der Waals surface area contributed by atoms with Crippen molar-refractivity contribution in [1.82, 2.24) is 15.3 Å². The minimum Gasteiger partial charge on any atom is -0.508 e. The van der Waals surface area contributed by atoms with Gasteiger partial charge in [-0.25, -0.2) is 4.98 Å². The number of thiazole rings is 1. The number of nitrogen functional groups attached to an aromatic ring is 1. The molecule has 6 heteroatoms. The summed E-state index contributed by atoms with van der Waals surface area (Å²) in [5.41, 5.74) is 8.70. The number of hydrogen-bond donors (Lipinski definition) is 3. The number of aromatic nitrogens is 2. The van der Waals surface area contributed by atoms with Gasteiger partial charge in [-0.15, -0.1) is 11.3 Å². The second kappa shape index (κ2) is 6.22. The molecule has 3 aromatic rings. The number of aromatic hydroxyl groups is 1. The SMILES string of the molecule is Nc1ncc(CNC2CC2c2ccc(-c3cccc(O)c3)nc2)s1. The van der Waals surface area contributed by atoms with Gasteiger partial charge in [-0.1, -0.05) is 18.2 Å². The monoisotopic (exact) mass is 338 g/mol. The van der Waals surface area contributed by atoms with Gasteiger partial charge in [-0.3, -0.25) is 4.98 Å². The van der Waals surface area contributed by atoms with Crippen molar-refractivity contribution in [1.29, 1.82) is 0 Å². The number of pyridine rings is 1. The zero-order valence-electron chi connectivity index (χ0n) is 13.0. The van der Waals surface area contributed by atoms with E-state index < -0.39 is 0 Å². The first-order chi connectivity index (χ1) is 11.7. The summed E-state index contributed by atoms with van der Waals surface area (Å²) in [5, 5.41) is 13.7. The van der Waals surface area contributed by atoms with Gasteiger partial charge in [0.2, 0.25) is 0 Å². The van der Waals surface area contributed by atoms with Crippen molar-refractivity contribution in [3.63, 3.8) is 0 Å². The van der Waals surface area contributed by atoms with Gasteiger partial charge in [-0.2, -0.15) is 0 Å². The largest absolute Gasteiger partial charge is 0.508 e. The topological polar surface area (TPSA) is 84.1 Å². The molecule has 0 aliphatic heterocycles. The van der Waals surface area contributed by atoms with Gasteiger partial charge in [0.1, 0.15) is 5.75 Å². The molecule has 1 aromatic carbocycles. The predicted molar refractivity (Wildman–Crippen MR) is 95.8 cm³/mol. The van der Waals surface area contributed by atoms with Gasteiger partial charge in [0.15, 0.2) is 5.13 Å². The van der Waals surface area contributed by atoms with E-state index in [4.69, 9.17) is 5.73 Å². The summed E-state index contributed by atoms with van der Waals surface area (Å²) in [5.74, 6) is 0.773. The standard InChI is InChI=1S/C18H18N4OS/c19-18-22-10-14(24-18)9-21-17-7-15(17)12-4-5-16(20-8-12)11-2-1-3-13(23)6-11/h1-6,8,10,15,17,21,23H,7,9H2,(H2,19,22). The second-order valence-corrected chi connectivity index (χ2v) is 7.17. The predicted octanol–water partition coefficient (Wildman–Crippen LogP) is 3.14. The number of hydrogen-bond acceptors (Lipinski definition) is 6. The van der Waals surface area contributed by atoms with Gasteiger partial charge < -0.3 is 16.2 Å². The van der Waals surface area contributed by atoms with Crippen molar-refractivity contribution in [2.75, 3.05) is 5.73 Å². The molecule has 0 amide bonds. The molecule has 24 heavy (non-hydrogen) atoms. The molecule has 4 rings (SSSR count). The number of anilines is 1. The number of benzene rings is 1. The summed E-state index contributed by atoms with van der Waals surface area (Å²) in [4.78, 5) is 9.77. The first-order valence-corrected chi connectivity index (χ1v) is 8.69. The van der Waals surface area contributed by atoms with Crippen LogP contribution >= 0.6 is 11.3 Å². The van der Waals surface area contributed by atoms with Crippen molar-refractivity contribution in [3.8, 4) is 17.0 Å². The van der Waals surface area contributed by atoms with E-state index in [1.54, 1.807) is 12.1 Å². The summed E-state index contributed by atoms with van der Waals surface area (Å²) in [6.07, 6.45) is 4.90. The summed E-state index contributed by atoms with van der Waals surface area (Å²) in [6, 6.07) is 11.8. The van der Waals surface area contributed by atoms with Crippen LogP contribution in [-0.2, 0) is 6.54 Å². The van der Waals surface area contributed by atoms with E-state index in [0.29, 0.717) is 17.1 Å². The lowest BCUT2D eigenvalue weighted by Gasteiger charge is -2.05. The van der Waals surface area contributed by atoms with Crippen molar-refractivity contribution < 1.29 is 5.11 Å². The van der Waals surface area contributed by atoms with Crippen LogP contribution in [0.4, 0.5) is 5.13 Å². The number of nitrogens with one attached hydrogen (secondary N) is 1. The molecule has 0 bridgehead atoms. The van der Waals surface area contributed by atoms with E-state index in [2.05, 4.69) is 21.4 Å². The molecule has 0 spiro atoms. The molecule has 1 saturated carbocycles. The highest BCUT2D eigenvalue weighted by atomic mass is 32.1. The van der Waals surface area contributed by atoms with Crippen molar-refractivity contribution in [3.05, 3.63) is 59.2 Å². The molecule has 4 N–H and O–H groups in total. The Morgan fingerprint density at radius 3 is 2.83 bits per heavy atom. The summed E-state index contributed by atoms with van der Waals surface area (Å²) in [7, 11) is 0. The Balaban J connectivity index is 1.38. The van der Waals surface area contributed by atoms with Crippen LogP contribution in [0.15, 0.2) is 48.8 Å². The highest BCUT2D eigenvalue weighted by Gasteiger charge is 2.38. The maximum Gasteiger partial charge on any atom is 0.180 e. The van der Waals surface area contributed by atoms with E-state index >= 15 is 0 Å². The van der Waals surface area contributed by atoms with Crippen molar-refractivity contribution in [2.24, 2.45) is 0 Å². The zero-order chi connectivity index (χ0) is 16.5. The van der Waals surface area contributed by atoms with Crippen LogP contribution in [0.25, 0.3) is 11.3 Å². The molecule has 0 saturated heterocycles. The fraction of sp³-hybridized carbons (Fsp3) is 0.222. The molecule has 5 nitrogen and oxygen atoms in total. The molecule has 2 aromatic heterocycles. The van der Waals surface area contributed by atoms with E-state index in [0.717, 1.165) is 29.1 Å². The zero-order valence-corrected chi connectivity index (χ0v) is 13.8. The normalized spacial score (nSPS) is 19.3. The van der Waals surface area contributed by atoms with Gasteiger partial charge >= 0.3 is 0 Å². The molecule has 2 heterocycles. The van der Waals surface area contributed by atoms with E-state index in [1.165, 1.54) is 16.9 Å². The Morgan fingerprint density at radius 1 is 1.21 bits per heavy atom. The Bertz CT molecular complexity index is 846. The van der Waals surface area contributed by atoms with E-state index in [1.807, 2.05) is 30.6 Å². The van der Waals surface area contributed by atoms with Crippen LogP contribution in [0.3, 0.4) is 0 Å². The molecule has 0 radical (unpaired) electrons. The van der Waals surface area contributed by atoms with Crippen molar-refractivity contribution in [2.45, 2.75) is 24.9 Å². The fourth-order valence-corrected chi connectivity index (χ4v) is 3.52. The van der Waals surface area contributed by atoms with Gasteiger partial charge in [0.05, 0.1) is 5.69 Å². The summed E-state index contributed by atoms with van der Waals surface area (Å²) < 4.78 is 0. The van der Waals surface area contributed by atoms with E-state index in [9.17, 15) is 5.11 Å². The number of nitrogens with zero attached hydrogens (tertiary/aromatic N) is 2. The third-order valence-electron chi connectivity index (χ3n) is 4.26. The molecular weight excluding hydrogens is 320 g/mol. The van der Waals surface area contributed by atoms with Gasteiger partial charge in [-0.05, 0) is 30.2 Å². The smallest absolute Gasteiger partial charge is 0.180 e. The van der Waals surface area contributed by atoms with Crippen LogP contribution in [0.1, 0.15) is 22.8 Å². The average molecular weight is 338 g/mol. The van der Waals surface area contributed by atoms with Gasteiger partial charge in [0.25, 0.3) is 0 Å². The average Bonchev–Trinajstić information content (AvgIpc) is 3.26. The molecule has 2 unspecified atom stereocenters. The maximum atomic E-state index is 9.57. The van der Waals surface area contributed by atoms with Crippen LogP contribution < -0.4 is 11.1 Å². The Labute approximate surface area is 144 Å². The first kappa shape index (κ1) is 15.1. The van der Waals surface area contributed by atoms with Crippen LogP contribution in [0, 0.1) is 0 Å².